The zero-order valence-electron chi connectivity index (χ0n) is 12.7. The van der Waals surface area contributed by atoms with Crippen LogP contribution in [0.5, 0.6) is 0 Å². The van der Waals surface area contributed by atoms with Crippen molar-refractivity contribution in [1.29, 1.82) is 0 Å². The van der Waals surface area contributed by atoms with Crippen LogP contribution in [-0.4, -0.2) is 30.0 Å². The number of ether oxygens (including phenoxy) is 1. The molecular weight excluding hydrogens is 238 g/mol. The first-order chi connectivity index (χ1) is 9.22. The van der Waals surface area contributed by atoms with Crippen LogP contribution in [0.4, 0.5) is 0 Å². The minimum Gasteiger partial charge on any atom is -0.379 e. The van der Waals surface area contributed by atoms with Crippen LogP contribution < -0.4 is 5.32 Å². The molecule has 19 heavy (non-hydrogen) atoms. The van der Waals surface area contributed by atoms with E-state index in [1.165, 1.54) is 5.56 Å². The van der Waals surface area contributed by atoms with Crippen molar-refractivity contribution in [2.45, 2.75) is 53.0 Å². The van der Waals surface area contributed by atoms with E-state index in [1.54, 1.807) is 0 Å². The van der Waals surface area contributed by atoms with E-state index in [0.29, 0.717) is 6.61 Å². The molecule has 0 aliphatic rings. The number of hydrogen-bond donors (Lipinski definition) is 1. The number of hydrogen-bond acceptors (Lipinski definition) is 4. The summed E-state index contributed by atoms with van der Waals surface area (Å²) in [4.78, 5) is 0. The Morgan fingerprint density at radius 3 is 2.63 bits per heavy atom. The highest BCUT2D eigenvalue weighted by molar-refractivity contribution is 5.25. The molecule has 1 aromatic rings. The lowest BCUT2D eigenvalue weighted by atomic mass is 10.0. The number of nitrogens with one attached hydrogen (secondary N) is 1. The lowest BCUT2D eigenvalue weighted by Gasteiger charge is -2.21. The lowest BCUT2D eigenvalue weighted by Crippen LogP contribution is -2.28. The van der Waals surface area contributed by atoms with Gasteiger partial charge in [0.15, 0.2) is 0 Å². The van der Waals surface area contributed by atoms with Gasteiger partial charge in [-0.2, -0.15) is 10.2 Å². The van der Waals surface area contributed by atoms with Crippen LogP contribution in [0.3, 0.4) is 0 Å². The monoisotopic (exact) mass is 265 g/mol. The first kappa shape index (κ1) is 16.1. The Morgan fingerprint density at radius 2 is 2.00 bits per heavy atom. The summed E-state index contributed by atoms with van der Waals surface area (Å²) >= 11 is 0. The SMILES string of the molecule is CCCNC(COCCC)c1cc(C)nnc1CC. The van der Waals surface area contributed by atoms with Gasteiger partial charge in [0.05, 0.1) is 24.0 Å². The first-order valence-corrected chi connectivity index (χ1v) is 7.37. The summed E-state index contributed by atoms with van der Waals surface area (Å²) in [7, 11) is 0. The summed E-state index contributed by atoms with van der Waals surface area (Å²) in [5.41, 5.74) is 3.27. The van der Waals surface area contributed by atoms with E-state index in [-0.39, 0.29) is 6.04 Å². The van der Waals surface area contributed by atoms with Gasteiger partial charge in [-0.15, -0.1) is 0 Å². The third kappa shape index (κ3) is 5.25. The summed E-state index contributed by atoms with van der Waals surface area (Å²) in [5.74, 6) is 0. The molecule has 4 nitrogen and oxygen atoms in total. The van der Waals surface area contributed by atoms with Crippen molar-refractivity contribution >= 4 is 0 Å². The fraction of sp³-hybridized carbons (Fsp3) is 0.733. The quantitative estimate of drug-likeness (QED) is 0.697. The van der Waals surface area contributed by atoms with Crippen molar-refractivity contribution in [2.24, 2.45) is 0 Å². The van der Waals surface area contributed by atoms with Crippen molar-refractivity contribution in [3.8, 4) is 0 Å². The van der Waals surface area contributed by atoms with E-state index < -0.39 is 0 Å². The second kappa shape index (κ2) is 8.99. The number of rotatable bonds is 9. The molecule has 0 amide bonds. The van der Waals surface area contributed by atoms with Crippen LogP contribution >= 0.6 is 0 Å². The van der Waals surface area contributed by atoms with E-state index in [0.717, 1.165) is 43.8 Å². The standard InChI is InChI=1S/C15H27N3O/c1-5-8-16-15(11-19-9-6-2)13-10-12(4)17-18-14(13)7-3/h10,15-16H,5-9,11H2,1-4H3. The molecule has 1 aromatic heterocycles. The van der Waals surface area contributed by atoms with Crippen molar-refractivity contribution < 1.29 is 4.74 Å². The average Bonchev–Trinajstić information content (AvgIpc) is 2.42. The third-order valence-electron chi connectivity index (χ3n) is 3.01. The van der Waals surface area contributed by atoms with Crippen LogP contribution in [0.2, 0.25) is 0 Å². The van der Waals surface area contributed by atoms with Crippen LogP contribution in [0, 0.1) is 6.92 Å². The summed E-state index contributed by atoms with van der Waals surface area (Å²) in [6.45, 7) is 10.9. The Hall–Kier alpha value is -1.00. The van der Waals surface area contributed by atoms with E-state index in [1.807, 2.05) is 6.92 Å². The van der Waals surface area contributed by atoms with E-state index >= 15 is 0 Å². The van der Waals surface area contributed by atoms with E-state index in [2.05, 4.69) is 42.4 Å². The minimum atomic E-state index is 0.218. The summed E-state index contributed by atoms with van der Waals surface area (Å²) in [6.07, 6.45) is 3.07. The van der Waals surface area contributed by atoms with Gasteiger partial charge in [-0.05, 0) is 44.4 Å². The van der Waals surface area contributed by atoms with Gasteiger partial charge in [-0.1, -0.05) is 20.8 Å². The zero-order chi connectivity index (χ0) is 14.1. The Morgan fingerprint density at radius 1 is 1.21 bits per heavy atom. The molecule has 0 radical (unpaired) electrons. The fourth-order valence-corrected chi connectivity index (χ4v) is 2.03. The van der Waals surface area contributed by atoms with Gasteiger partial charge in [-0.3, -0.25) is 0 Å². The highest BCUT2D eigenvalue weighted by Gasteiger charge is 2.16. The first-order valence-electron chi connectivity index (χ1n) is 7.37. The molecule has 1 N–H and O–H groups in total. The maximum Gasteiger partial charge on any atom is 0.0677 e. The zero-order valence-corrected chi connectivity index (χ0v) is 12.7. The second-order valence-electron chi connectivity index (χ2n) is 4.82. The Bertz CT molecular complexity index is 368. The molecule has 1 rings (SSSR count). The molecule has 0 aromatic carbocycles. The van der Waals surface area contributed by atoms with Gasteiger partial charge < -0.3 is 10.1 Å². The maximum atomic E-state index is 5.73. The van der Waals surface area contributed by atoms with E-state index in [4.69, 9.17) is 4.74 Å². The molecular formula is C15H27N3O. The molecule has 1 unspecified atom stereocenters. The predicted molar refractivity (Wildman–Crippen MR) is 78.3 cm³/mol. The van der Waals surface area contributed by atoms with Crippen molar-refractivity contribution in [2.75, 3.05) is 19.8 Å². The van der Waals surface area contributed by atoms with Crippen LogP contribution in [-0.2, 0) is 11.2 Å². The van der Waals surface area contributed by atoms with Crippen LogP contribution in [0.25, 0.3) is 0 Å². The second-order valence-corrected chi connectivity index (χ2v) is 4.82. The molecule has 1 atom stereocenters. The fourth-order valence-electron chi connectivity index (χ4n) is 2.03. The highest BCUT2D eigenvalue weighted by Crippen LogP contribution is 2.18. The highest BCUT2D eigenvalue weighted by atomic mass is 16.5. The number of aryl methyl sites for hydroxylation is 2. The number of nitrogens with zero attached hydrogens (tertiary/aromatic N) is 2. The van der Waals surface area contributed by atoms with Crippen LogP contribution in [0.15, 0.2) is 6.07 Å². The molecule has 0 bridgehead atoms. The smallest absolute Gasteiger partial charge is 0.0677 e. The molecule has 0 aliphatic carbocycles. The lowest BCUT2D eigenvalue weighted by molar-refractivity contribution is 0.111. The normalized spacial score (nSPS) is 12.6. The van der Waals surface area contributed by atoms with Gasteiger partial charge in [0.25, 0.3) is 0 Å². The number of aromatic nitrogens is 2. The molecule has 0 aliphatic heterocycles. The summed E-state index contributed by atoms with van der Waals surface area (Å²) in [6, 6.07) is 2.35. The molecule has 108 valence electrons. The van der Waals surface area contributed by atoms with Gasteiger partial charge in [0, 0.05) is 6.61 Å². The molecule has 0 spiro atoms. The van der Waals surface area contributed by atoms with Gasteiger partial charge in [0.1, 0.15) is 0 Å². The largest absolute Gasteiger partial charge is 0.379 e. The van der Waals surface area contributed by atoms with E-state index in [9.17, 15) is 0 Å². The molecule has 0 saturated heterocycles. The molecule has 1 heterocycles. The molecule has 4 heteroatoms. The average molecular weight is 265 g/mol. The summed E-state index contributed by atoms with van der Waals surface area (Å²) < 4.78 is 5.73. The van der Waals surface area contributed by atoms with Crippen LogP contribution in [0.1, 0.15) is 56.6 Å². The van der Waals surface area contributed by atoms with Gasteiger partial charge >= 0.3 is 0 Å². The molecule has 0 fully saturated rings. The van der Waals surface area contributed by atoms with Crippen molar-refractivity contribution in [3.63, 3.8) is 0 Å². The minimum absolute atomic E-state index is 0.218. The molecule has 0 saturated carbocycles. The van der Waals surface area contributed by atoms with Crippen molar-refractivity contribution in [1.82, 2.24) is 15.5 Å². The van der Waals surface area contributed by atoms with Crippen molar-refractivity contribution in [3.05, 3.63) is 23.0 Å². The Kier molecular flexibility index (Phi) is 7.60. The van der Waals surface area contributed by atoms with Gasteiger partial charge in [-0.25, -0.2) is 0 Å². The topological polar surface area (TPSA) is 47.0 Å². The van der Waals surface area contributed by atoms with Gasteiger partial charge in [0.2, 0.25) is 0 Å². The maximum absolute atomic E-state index is 5.73. The Labute approximate surface area is 117 Å². The Balaban J connectivity index is 2.84. The summed E-state index contributed by atoms with van der Waals surface area (Å²) in [5, 5.41) is 12.0. The third-order valence-corrected chi connectivity index (χ3v) is 3.01. The predicted octanol–water partition coefficient (Wildman–Crippen LogP) is 2.81.